The van der Waals surface area contributed by atoms with Crippen LogP contribution in [-0.2, 0) is 13.1 Å². The highest BCUT2D eigenvalue weighted by Gasteiger charge is 2.40. The van der Waals surface area contributed by atoms with E-state index >= 15 is 0 Å². The molecular weight excluding hydrogens is 676 g/mol. The first-order valence-electron chi connectivity index (χ1n) is 16.3. The summed E-state index contributed by atoms with van der Waals surface area (Å²) in [5.41, 5.74) is 3.05. The lowest BCUT2D eigenvalue weighted by atomic mass is 9.85. The number of ether oxygens (including phenoxy) is 1. The van der Waals surface area contributed by atoms with E-state index in [2.05, 4.69) is 14.8 Å². The number of piperidine rings is 1. The van der Waals surface area contributed by atoms with Crippen LogP contribution in [0.5, 0.6) is 5.75 Å². The van der Waals surface area contributed by atoms with Crippen LogP contribution < -0.4 is 10.1 Å². The summed E-state index contributed by atoms with van der Waals surface area (Å²) in [6.45, 7) is 6.07. The Morgan fingerprint density at radius 1 is 0.894 bits per heavy atom. The third kappa shape index (κ3) is 7.79. The maximum absolute atomic E-state index is 13.5. The van der Waals surface area contributed by atoms with Gasteiger partial charge < -0.3 is 14.6 Å². The third-order valence-electron chi connectivity index (χ3n) is 9.42. The van der Waals surface area contributed by atoms with Gasteiger partial charge in [0.25, 0.3) is 5.91 Å². The zero-order valence-electron chi connectivity index (χ0n) is 26.6. The number of aryl methyl sites for hydroxylation is 1. The van der Waals surface area contributed by atoms with E-state index in [1.54, 1.807) is 30.3 Å². The Labute approximate surface area is 296 Å². The number of hydrogen-bond acceptors (Lipinski definition) is 4. The van der Waals surface area contributed by atoms with Crippen LogP contribution in [0.25, 0.3) is 10.9 Å². The Balaban J connectivity index is 1.12. The number of aromatic nitrogens is 1. The minimum atomic E-state index is -0.156. The predicted octanol–water partition coefficient (Wildman–Crippen LogP) is 9.88. The maximum atomic E-state index is 13.5. The Hall–Kier alpha value is -2.74. The predicted molar refractivity (Wildman–Crippen MR) is 192 cm³/mol. The van der Waals surface area contributed by atoms with Gasteiger partial charge in [-0.25, -0.2) is 0 Å². The molecule has 0 aliphatic carbocycles. The molecular formula is C37H39Cl4N3O3. The smallest absolute Gasteiger partial charge is 0.253 e. The van der Waals surface area contributed by atoms with E-state index in [4.69, 9.17) is 51.1 Å². The summed E-state index contributed by atoms with van der Waals surface area (Å²) in [7, 11) is 0. The first-order chi connectivity index (χ1) is 22.6. The molecule has 6 rings (SSSR count). The molecule has 2 saturated heterocycles. The van der Waals surface area contributed by atoms with E-state index in [-0.39, 0.29) is 17.8 Å². The standard InChI is InChI=1S/C37H39Cl4N3O3/c1-22(2)47-35-6-3-5-28-29(37(46)42-20-23-7-11-30(38)32(40)17-23)21-43(36(28)35)13-4-14-44-26-9-10-27(44)16-24(15-26)18-34(45)25-8-12-31(39)33(41)19-25/h3,5-8,11-12,17,19,21-22,24,26-27H,4,9-10,13-16,18,20H2,1-2H3,(H,42,46)/t24-,26-,27+. The zero-order valence-corrected chi connectivity index (χ0v) is 29.6. The van der Waals surface area contributed by atoms with Gasteiger partial charge in [0, 0.05) is 55.3 Å². The van der Waals surface area contributed by atoms with Crippen molar-refractivity contribution in [3.63, 3.8) is 0 Å². The highest BCUT2D eigenvalue weighted by molar-refractivity contribution is 6.42. The topological polar surface area (TPSA) is 63.6 Å². The second-order valence-corrected chi connectivity index (χ2v) is 14.7. The van der Waals surface area contributed by atoms with Crippen molar-refractivity contribution in [2.45, 2.75) is 83.6 Å². The largest absolute Gasteiger partial charge is 0.489 e. The van der Waals surface area contributed by atoms with Crippen molar-refractivity contribution in [1.82, 2.24) is 14.8 Å². The van der Waals surface area contributed by atoms with Crippen LogP contribution in [0.2, 0.25) is 20.1 Å². The van der Waals surface area contributed by atoms with Gasteiger partial charge in [0.05, 0.1) is 37.3 Å². The van der Waals surface area contributed by atoms with Gasteiger partial charge in [0.15, 0.2) is 5.78 Å². The van der Waals surface area contributed by atoms with Crippen molar-refractivity contribution in [3.05, 3.63) is 97.6 Å². The Morgan fingerprint density at radius 3 is 2.28 bits per heavy atom. The van der Waals surface area contributed by atoms with Crippen molar-refractivity contribution in [2.24, 2.45) is 5.92 Å². The Morgan fingerprint density at radius 2 is 1.60 bits per heavy atom. The fourth-order valence-corrected chi connectivity index (χ4v) is 7.97. The summed E-state index contributed by atoms with van der Waals surface area (Å²) >= 11 is 24.5. The lowest BCUT2D eigenvalue weighted by Crippen LogP contribution is -2.43. The third-order valence-corrected chi connectivity index (χ3v) is 10.9. The number of carbonyl (C=O) groups excluding carboxylic acids is 2. The van der Waals surface area contributed by atoms with Gasteiger partial charge in [0.2, 0.25) is 0 Å². The fourth-order valence-electron chi connectivity index (χ4n) is 7.35. The average molecular weight is 716 g/mol. The van der Waals surface area contributed by atoms with Crippen molar-refractivity contribution >= 4 is 69.0 Å². The number of nitrogens with one attached hydrogen (secondary N) is 1. The number of fused-ring (bicyclic) bond motifs is 3. The van der Waals surface area contributed by atoms with E-state index in [9.17, 15) is 9.59 Å². The molecule has 2 fully saturated rings. The summed E-state index contributed by atoms with van der Waals surface area (Å²) in [4.78, 5) is 29.2. The first kappa shape index (κ1) is 34.1. The molecule has 3 atom stereocenters. The fraction of sp³-hybridized carbons (Fsp3) is 0.405. The zero-order chi connectivity index (χ0) is 33.2. The molecule has 248 valence electrons. The molecule has 2 aliphatic rings. The summed E-state index contributed by atoms with van der Waals surface area (Å²) < 4.78 is 8.38. The number of benzene rings is 3. The molecule has 10 heteroatoms. The number of ketones is 1. The second kappa shape index (κ2) is 14.8. The van der Waals surface area contributed by atoms with Crippen molar-refractivity contribution in [1.29, 1.82) is 0 Å². The average Bonchev–Trinajstić information content (AvgIpc) is 3.52. The van der Waals surface area contributed by atoms with E-state index in [1.807, 2.05) is 44.3 Å². The summed E-state index contributed by atoms with van der Waals surface area (Å²) in [6.07, 6.45) is 7.84. The minimum absolute atomic E-state index is 0.00337. The van der Waals surface area contributed by atoms with Crippen LogP contribution >= 0.6 is 46.4 Å². The number of amides is 1. The van der Waals surface area contributed by atoms with Gasteiger partial charge in [-0.1, -0.05) is 64.6 Å². The molecule has 1 amide bonds. The van der Waals surface area contributed by atoms with Gasteiger partial charge in [-0.15, -0.1) is 0 Å². The monoisotopic (exact) mass is 713 g/mol. The summed E-state index contributed by atoms with van der Waals surface area (Å²) in [5, 5.41) is 5.73. The molecule has 0 radical (unpaired) electrons. The van der Waals surface area contributed by atoms with Crippen molar-refractivity contribution in [2.75, 3.05) is 6.54 Å². The molecule has 47 heavy (non-hydrogen) atoms. The highest BCUT2D eigenvalue weighted by atomic mass is 35.5. The van der Waals surface area contributed by atoms with Crippen molar-refractivity contribution < 1.29 is 14.3 Å². The number of carbonyl (C=O) groups is 2. The molecule has 0 saturated carbocycles. The molecule has 2 aliphatic heterocycles. The number of halogens is 4. The van der Waals surface area contributed by atoms with Crippen LogP contribution in [0.3, 0.4) is 0 Å². The number of hydrogen-bond donors (Lipinski definition) is 1. The van der Waals surface area contributed by atoms with E-state index in [0.717, 1.165) is 54.6 Å². The Bertz CT molecular complexity index is 1770. The van der Waals surface area contributed by atoms with Crippen LogP contribution in [0, 0.1) is 5.92 Å². The highest BCUT2D eigenvalue weighted by Crippen LogP contribution is 2.41. The molecule has 0 unspecified atom stereocenters. The van der Waals surface area contributed by atoms with E-state index < -0.39 is 0 Å². The number of nitrogens with zero attached hydrogens (tertiary/aromatic N) is 2. The lowest BCUT2D eigenvalue weighted by Gasteiger charge is -2.39. The van der Waals surface area contributed by atoms with E-state index in [0.29, 0.717) is 62.2 Å². The van der Waals surface area contributed by atoms with Gasteiger partial charge in [-0.3, -0.25) is 14.5 Å². The molecule has 4 aromatic rings. The van der Waals surface area contributed by atoms with Gasteiger partial charge in [-0.05, 0) is 93.8 Å². The molecule has 1 aromatic heterocycles. The molecule has 3 aromatic carbocycles. The molecule has 6 nitrogen and oxygen atoms in total. The molecule has 3 heterocycles. The van der Waals surface area contributed by atoms with Gasteiger partial charge in [-0.2, -0.15) is 0 Å². The first-order valence-corrected chi connectivity index (χ1v) is 17.8. The normalized spacial score (nSPS) is 19.4. The molecule has 1 N–H and O–H groups in total. The van der Waals surface area contributed by atoms with Gasteiger partial charge >= 0.3 is 0 Å². The number of para-hydroxylation sites is 1. The summed E-state index contributed by atoms with van der Waals surface area (Å²) in [5.74, 6) is 1.13. The van der Waals surface area contributed by atoms with Crippen LogP contribution in [0.4, 0.5) is 0 Å². The number of rotatable bonds is 12. The van der Waals surface area contributed by atoms with Crippen LogP contribution in [0.1, 0.15) is 78.7 Å². The number of Topliss-reactive ketones (excluding diaryl/α,β-unsaturated/α-hetero) is 1. The minimum Gasteiger partial charge on any atom is -0.489 e. The Kier molecular flexibility index (Phi) is 10.7. The lowest BCUT2D eigenvalue weighted by molar-refractivity contribution is 0.0807. The summed E-state index contributed by atoms with van der Waals surface area (Å²) in [6, 6.07) is 17.4. The van der Waals surface area contributed by atoms with Crippen LogP contribution in [0.15, 0.2) is 60.8 Å². The van der Waals surface area contributed by atoms with Gasteiger partial charge in [0.1, 0.15) is 5.75 Å². The van der Waals surface area contributed by atoms with Crippen molar-refractivity contribution in [3.8, 4) is 5.75 Å². The second-order valence-electron chi connectivity index (χ2n) is 13.1. The molecule has 2 bridgehead atoms. The maximum Gasteiger partial charge on any atom is 0.253 e. The molecule has 0 spiro atoms. The quantitative estimate of drug-likeness (QED) is 0.148. The van der Waals surface area contributed by atoms with Crippen LogP contribution in [-0.4, -0.2) is 45.9 Å². The SMILES string of the molecule is CC(C)Oc1cccc2c(C(=O)NCc3ccc(Cl)c(Cl)c3)cn(CCCN3[C@@H]4CC[C@H]3C[C@H](CC(=O)c3ccc(Cl)c(Cl)c3)C4)c12. The van der Waals surface area contributed by atoms with E-state index in [1.165, 1.54) is 12.8 Å².